The van der Waals surface area contributed by atoms with Gasteiger partial charge in [-0.2, -0.15) is 5.10 Å². The zero-order valence-electron chi connectivity index (χ0n) is 7.77. The van der Waals surface area contributed by atoms with E-state index in [1.165, 1.54) is 11.1 Å². The van der Waals surface area contributed by atoms with Crippen molar-refractivity contribution in [1.82, 2.24) is 10.2 Å². The van der Waals surface area contributed by atoms with Crippen LogP contribution in [0.25, 0.3) is 0 Å². The first-order valence-electron chi connectivity index (χ1n) is 4.74. The SMILES string of the molecule is c1ccc2c(c1)CN(c1ccn[nH]1)C2. The summed E-state index contributed by atoms with van der Waals surface area (Å²) >= 11 is 0. The topological polar surface area (TPSA) is 31.9 Å². The maximum atomic E-state index is 3.96. The van der Waals surface area contributed by atoms with Gasteiger partial charge >= 0.3 is 0 Å². The van der Waals surface area contributed by atoms with Gasteiger partial charge in [0.1, 0.15) is 5.82 Å². The van der Waals surface area contributed by atoms with Crippen molar-refractivity contribution in [2.45, 2.75) is 13.1 Å². The Morgan fingerprint density at radius 1 is 1.07 bits per heavy atom. The first-order chi connectivity index (χ1) is 6.93. The number of aromatic amines is 1. The molecule has 2 aromatic rings. The van der Waals surface area contributed by atoms with E-state index in [-0.39, 0.29) is 0 Å². The number of benzene rings is 1. The second-order valence-electron chi connectivity index (χ2n) is 3.57. The highest BCUT2D eigenvalue weighted by molar-refractivity contribution is 5.46. The smallest absolute Gasteiger partial charge is 0.124 e. The zero-order valence-corrected chi connectivity index (χ0v) is 7.77. The number of hydrogen-bond donors (Lipinski definition) is 1. The molecule has 3 heteroatoms. The van der Waals surface area contributed by atoms with E-state index in [0.29, 0.717) is 0 Å². The van der Waals surface area contributed by atoms with Gasteiger partial charge in [-0.3, -0.25) is 5.10 Å². The van der Waals surface area contributed by atoms with Gasteiger partial charge in [0, 0.05) is 19.2 Å². The Morgan fingerprint density at radius 2 is 1.79 bits per heavy atom. The molecule has 2 heterocycles. The molecule has 0 saturated heterocycles. The van der Waals surface area contributed by atoms with E-state index >= 15 is 0 Å². The molecule has 14 heavy (non-hydrogen) atoms. The molecule has 1 N–H and O–H groups in total. The maximum Gasteiger partial charge on any atom is 0.124 e. The summed E-state index contributed by atoms with van der Waals surface area (Å²) in [6.07, 6.45) is 1.79. The van der Waals surface area contributed by atoms with Crippen molar-refractivity contribution in [3.05, 3.63) is 47.7 Å². The molecule has 0 fully saturated rings. The lowest BCUT2D eigenvalue weighted by Gasteiger charge is -2.13. The summed E-state index contributed by atoms with van der Waals surface area (Å²) in [6, 6.07) is 10.6. The van der Waals surface area contributed by atoms with Crippen molar-refractivity contribution in [3.63, 3.8) is 0 Å². The summed E-state index contributed by atoms with van der Waals surface area (Å²) < 4.78 is 0. The van der Waals surface area contributed by atoms with E-state index in [1.54, 1.807) is 6.20 Å². The largest absolute Gasteiger partial charge is 0.348 e. The molecular weight excluding hydrogens is 174 g/mol. The zero-order chi connectivity index (χ0) is 9.38. The minimum Gasteiger partial charge on any atom is -0.348 e. The van der Waals surface area contributed by atoms with Crippen LogP contribution >= 0.6 is 0 Å². The molecule has 1 aliphatic heterocycles. The highest BCUT2D eigenvalue weighted by Crippen LogP contribution is 2.25. The van der Waals surface area contributed by atoms with Gasteiger partial charge in [0.2, 0.25) is 0 Å². The Kier molecular flexibility index (Phi) is 1.56. The lowest BCUT2D eigenvalue weighted by Crippen LogP contribution is -2.14. The van der Waals surface area contributed by atoms with Gasteiger partial charge in [0.05, 0.1) is 6.20 Å². The molecule has 3 rings (SSSR count). The van der Waals surface area contributed by atoms with E-state index in [1.807, 2.05) is 6.07 Å². The summed E-state index contributed by atoms with van der Waals surface area (Å²) in [5.74, 6) is 1.10. The van der Waals surface area contributed by atoms with Gasteiger partial charge in [-0.25, -0.2) is 0 Å². The van der Waals surface area contributed by atoms with E-state index in [2.05, 4.69) is 39.4 Å². The van der Waals surface area contributed by atoms with Crippen molar-refractivity contribution >= 4 is 5.82 Å². The summed E-state index contributed by atoms with van der Waals surface area (Å²) in [7, 11) is 0. The predicted molar refractivity (Wildman–Crippen MR) is 54.9 cm³/mol. The Labute approximate surface area is 82.4 Å². The van der Waals surface area contributed by atoms with Crippen molar-refractivity contribution in [2.75, 3.05) is 4.90 Å². The van der Waals surface area contributed by atoms with Crippen LogP contribution in [0.3, 0.4) is 0 Å². The minimum absolute atomic E-state index is 0.984. The number of nitrogens with zero attached hydrogens (tertiary/aromatic N) is 2. The van der Waals surface area contributed by atoms with Gasteiger partial charge in [-0.15, -0.1) is 0 Å². The average molecular weight is 185 g/mol. The van der Waals surface area contributed by atoms with Crippen LogP contribution in [0.4, 0.5) is 5.82 Å². The highest BCUT2D eigenvalue weighted by atomic mass is 15.3. The maximum absolute atomic E-state index is 3.96. The average Bonchev–Trinajstić information content (AvgIpc) is 2.86. The summed E-state index contributed by atoms with van der Waals surface area (Å²) in [6.45, 7) is 1.97. The molecule has 0 spiro atoms. The van der Waals surface area contributed by atoms with Gasteiger partial charge in [-0.05, 0) is 11.1 Å². The summed E-state index contributed by atoms with van der Waals surface area (Å²) in [5, 5.41) is 6.95. The van der Waals surface area contributed by atoms with Crippen LogP contribution < -0.4 is 4.90 Å². The van der Waals surface area contributed by atoms with Crippen LogP contribution in [-0.2, 0) is 13.1 Å². The Bertz CT molecular complexity index is 409. The molecule has 70 valence electrons. The lowest BCUT2D eigenvalue weighted by atomic mass is 10.1. The number of nitrogens with one attached hydrogen (secondary N) is 1. The molecule has 0 unspecified atom stereocenters. The first-order valence-corrected chi connectivity index (χ1v) is 4.74. The van der Waals surface area contributed by atoms with Crippen LogP contribution in [0.5, 0.6) is 0 Å². The van der Waals surface area contributed by atoms with Crippen LogP contribution in [0.2, 0.25) is 0 Å². The molecule has 1 aromatic heterocycles. The molecular formula is C11H11N3. The van der Waals surface area contributed by atoms with Gasteiger partial charge in [-0.1, -0.05) is 24.3 Å². The number of H-pyrrole nitrogens is 1. The van der Waals surface area contributed by atoms with Crippen molar-refractivity contribution in [1.29, 1.82) is 0 Å². The second kappa shape index (κ2) is 2.87. The van der Waals surface area contributed by atoms with E-state index in [0.717, 1.165) is 18.9 Å². The summed E-state index contributed by atoms with van der Waals surface area (Å²) in [4.78, 5) is 2.29. The number of hydrogen-bond acceptors (Lipinski definition) is 2. The van der Waals surface area contributed by atoms with Crippen LogP contribution in [-0.4, -0.2) is 10.2 Å². The van der Waals surface area contributed by atoms with Gasteiger partial charge in [0.25, 0.3) is 0 Å². The molecule has 1 aliphatic rings. The Balaban J connectivity index is 1.92. The number of anilines is 1. The lowest BCUT2D eigenvalue weighted by molar-refractivity contribution is 0.848. The second-order valence-corrected chi connectivity index (χ2v) is 3.57. The summed E-state index contributed by atoms with van der Waals surface area (Å²) in [5.41, 5.74) is 2.84. The monoisotopic (exact) mass is 185 g/mol. The van der Waals surface area contributed by atoms with Crippen LogP contribution in [0, 0.1) is 0 Å². The van der Waals surface area contributed by atoms with Crippen molar-refractivity contribution < 1.29 is 0 Å². The molecule has 0 atom stereocenters. The first kappa shape index (κ1) is 7.62. The Morgan fingerprint density at radius 3 is 2.36 bits per heavy atom. The van der Waals surface area contributed by atoms with E-state index < -0.39 is 0 Å². The molecule has 3 nitrogen and oxygen atoms in total. The van der Waals surface area contributed by atoms with E-state index in [4.69, 9.17) is 0 Å². The number of rotatable bonds is 1. The number of aromatic nitrogens is 2. The third-order valence-corrected chi connectivity index (χ3v) is 2.67. The molecule has 0 bridgehead atoms. The third-order valence-electron chi connectivity index (χ3n) is 2.67. The van der Waals surface area contributed by atoms with Crippen LogP contribution in [0.1, 0.15) is 11.1 Å². The molecule has 0 amide bonds. The normalized spacial score (nSPS) is 14.4. The fourth-order valence-corrected chi connectivity index (χ4v) is 1.93. The standard InChI is InChI=1S/C11H11N3/c1-2-4-10-8-14(7-9(10)3-1)11-5-6-12-13-11/h1-6H,7-8H2,(H,12,13). The van der Waals surface area contributed by atoms with Crippen LogP contribution in [0.15, 0.2) is 36.5 Å². The fourth-order valence-electron chi connectivity index (χ4n) is 1.93. The predicted octanol–water partition coefficient (Wildman–Crippen LogP) is 1.93. The third kappa shape index (κ3) is 1.09. The van der Waals surface area contributed by atoms with Gasteiger partial charge in [0.15, 0.2) is 0 Å². The fraction of sp³-hybridized carbons (Fsp3) is 0.182. The van der Waals surface area contributed by atoms with Gasteiger partial charge < -0.3 is 4.90 Å². The quantitative estimate of drug-likeness (QED) is 0.736. The molecule has 1 aromatic carbocycles. The highest BCUT2D eigenvalue weighted by Gasteiger charge is 2.18. The number of fused-ring (bicyclic) bond motifs is 1. The molecule has 0 aliphatic carbocycles. The Hall–Kier alpha value is -1.77. The van der Waals surface area contributed by atoms with Crippen molar-refractivity contribution in [2.24, 2.45) is 0 Å². The van der Waals surface area contributed by atoms with E-state index in [9.17, 15) is 0 Å². The molecule has 0 radical (unpaired) electrons. The minimum atomic E-state index is 0.984. The molecule has 0 saturated carbocycles. The van der Waals surface area contributed by atoms with Crippen molar-refractivity contribution in [3.8, 4) is 0 Å².